The average Bonchev–Trinajstić information content (AvgIpc) is 3.94. The minimum Gasteiger partial charge on any atom is -0.497 e. The fourth-order valence-corrected chi connectivity index (χ4v) is 11.4. The second kappa shape index (κ2) is 13.2. The van der Waals surface area contributed by atoms with Crippen LogP contribution in [-0.2, 0) is 11.0 Å². The first-order chi connectivity index (χ1) is 27.4. The van der Waals surface area contributed by atoms with Gasteiger partial charge in [-0.05, 0) is 132 Å². The molecule has 4 aliphatic rings. The van der Waals surface area contributed by atoms with E-state index in [-0.39, 0.29) is 5.41 Å². The Morgan fingerprint density at radius 3 is 2.09 bits per heavy atom. The van der Waals surface area contributed by atoms with Gasteiger partial charge in [-0.25, -0.2) is 0 Å². The summed E-state index contributed by atoms with van der Waals surface area (Å²) in [4.78, 5) is 2.09. The standard InChI is InChI=1S/C49H43NO5S/c1-29-7-5-6-8-43(29)56-44-26-39-40(25-42(44)54-28-50)47-38(46-45(39)37-20-19-36(53-4)24-41(37)48(46)27-30-9-10-33(48)23-30)21-22-49(55-47,31-11-15-34(51-2)16-12-31)32-13-17-35(52-3)18-14-32/h5-8,11-22,24-26,28,30,33,50H,9-10,23,27H2,1-4H3. The zero-order valence-corrected chi connectivity index (χ0v) is 32.8. The van der Waals surface area contributed by atoms with Crippen molar-refractivity contribution >= 4 is 35.0 Å². The summed E-state index contributed by atoms with van der Waals surface area (Å²) < 4.78 is 30.9. The first-order valence-electron chi connectivity index (χ1n) is 19.3. The lowest BCUT2D eigenvalue weighted by Crippen LogP contribution is -2.36. The topological polar surface area (TPSA) is 70.0 Å². The van der Waals surface area contributed by atoms with Crippen molar-refractivity contribution in [3.05, 3.63) is 143 Å². The maximum atomic E-state index is 8.09. The first kappa shape index (κ1) is 34.8. The smallest absolute Gasteiger partial charge is 0.178 e. The van der Waals surface area contributed by atoms with E-state index < -0.39 is 5.60 Å². The molecule has 56 heavy (non-hydrogen) atoms. The lowest BCUT2D eigenvalue weighted by Gasteiger charge is -2.41. The van der Waals surface area contributed by atoms with Crippen LogP contribution in [0.1, 0.15) is 59.1 Å². The van der Waals surface area contributed by atoms with E-state index in [1.807, 2.05) is 24.3 Å². The van der Waals surface area contributed by atoms with Crippen molar-refractivity contribution in [2.24, 2.45) is 11.8 Å². The molecule has 0 amide bonds. The summed E-state index contributed by atoms with van der Waals surface area (Å²) in [5.41, 5.74) is 8.40. The van der Waals surface area contributed by atoms with Gasteiger partial charge in [0, 0.05) is 32.4 Å². The number of fused-ring (bicyclic) bond motifs is 13. The van der Waals surface area contributed by atoms with Gasteiger partial charge in [0.2, 0.25) is 0 Å². The molecule has 0 aromatic heterocycles. The van der Waals surface area contributed by atoms with Crippen LogP contribution in [0.15, 0.2) is 119 Å². The molecule has 6 aromatic rings. The Kier molecular flexibility index (Phi) is 8.22. The number of hydrogen-bond donors (Lipinski definition) is 1. The molecule has 3 aliphatic carbocycles. The molecule has 7 heteroatoms. The summed E-state index contributed by atoms with van der Waals surface area (Å²) in [5.74, 6) is 5.07. The molecule has 1 N–H and O–H groups in total. The van der Waals surface area contributed by atoms with Gasteiger partial charge in [0.15, 0.2) is 12.0 Å². The van der Waals surface area contributed by atoms with E-state index in [4.69, 9.17) is 29.1 Å². The van der Waals surface area contributed by atoms with E-state index in [2.05, 4.69) is 97.9 Å². The molecule has 0 saturated heterocycles. The second-order valence-corrected chi connectivity index (χ2v) is 16.6. The van der Waals surface area contributed by atoms with Gasteiger partial charge in [0.25, 0.3) is 0 Å². The zero-order valence-electron chi connectivity index (χ0n) is 32.0. The Hall–Kier alpha value is -5.66. The molecule has 3 unspecified atom stereocenters. The summed E-state index contributed by atoms with van der Waals surface area (Å²) in [7, 11) is 5.14. The largest absolute Gasteiger partial charge is 0.497 e. The van der Waals surface area contributed by atoms with Crippen molar-refractivity contribution in [2.45, 2.75) is 53.4 Å². The van der Waals surface area contributed by atoms with Crippen LogP contribution in [0.4, 0.5) is 0 Å². The SMILES string of the molecule is COc1ccc(C2(c3ccc(OC)cc3)C=Cc3c4c(c5cc(Sc6ccccc6C)c(OC=N)cc5c3O2)-c2ccc(OC)cc2C42CC3CCC2C3)cc1. The van der Waals surface area contributed by atoms with Crippen LogP contribution >= 0.6 is 11.8 Å². The van der Waals surface area contributed by atoms with Gasteiger partial charge >= 0.3 is 0 Å². The molecule has 1 spiro atoms. The normalized spacial score (nSPS) is 20.6. The van der Waals surface area contributed by atoms with Crippen LogP contribution in [-0.4, -0.2) is 27.7 Å². The van der Waals surface area contributed by atoms with Gasteiger partial charge in [-0.1, -0.05) is 72.8 Å². The lowest BCUT2D eigenvalue weighted by atomic mass is 9.65. The number of methoxy groups -OCH3 is 3. The van der Waals surface area contributed by atoms with E-state index in [0.29, 0.717) is 17.6 Å². The molecule has 2 bridgehead atoms. The van der Waals surface area contributed by atoms with E-state index in [0.717, 1.165) is 73.1 Å². The summed E-state index contributed by atoms with van der Waals surface area (Å²) >= 11 is 1.68. The van der Waals surface area contributed by atoms with Gasteiger partial charge in [-0.3, -0.25) is 5.41 Å². The quantitative estimate of drug-likeness (QED) is 0.117. The number of hydrogen-bond acceptors (Lipinski definition) is 7. The summed E-state index contributed by atoms with van der Waals surface area (Å²) in [6.07, 6.45) is 10.4. The second-order valence-electron chi connectivity index (χ2n) is 15.5. The minimum atomic E-state index is -0.972. The molecule has 10 rings (SSSR count). The maximum Gasteiger partial charge on any atom is 0.178 e. The van der Waals surface area contributed by atoms with Crippen molar-refractivity contribution in [1.29, 1.82) is 5.41 Å². The fourth-order valence-electron chi connectivity index (χ4n) is 10.4. The highest BCUT2D eigenvalue weighted by Crippen LogP contribution is 2.69. The molecule has 280 valence electrons. The van der Waals surface area contributed by atoms with Crippen LogP contribution in [0.3, 0.4) is 0 Å². The van der Waals surface area contributed by atoms with Crippen LogP contribution < -0.4 is 23.7 Å². The van der Waals surface area contributed by atoms with Gasteiger partial charge in [-0.15, -0.1) is 0 Å². The zero-order chi connectivity index (χ0) is 38.2. The Morgan fingerprint density at radius 1 is 0.768 bits per heavy atom. The Balaban J connectivity index is 1.30. The van der Waals surface area contributed by atoms with Crippen molar-refractivity contribution in [3.63, 3.8) is 0 Å². The predicted molar refractivity (Wildman–Crippen MR) is 223 cm³/mol. The molecule has 6 nitrogen and oxygen atoms in total. The van der Waals surface area contributed by atoms with Gasteiger partial charge in [0.1, 0.15) is 28.7 Å². The third-order valence-electron chi connectivity index (χ3n) is 12.9. The summed E-state index contributed by atoms with van der Waals surface area (Å²) in [6, 6.07) is 35.8. The van der Waals surface area contributed by atoms with Crippen LogP contribution in [0.5, 0.6) is 28.7 Å². The van der Waals surface area contributed by atoms with Gasteiger partial charge < -0.3 is 23.7 Å². The number of aryl methyl sites for hydroxylation is 1. The molecular weight excluding hydrogens is 715 g/mol. The van der Waals surface area contributed by atoms with E-state index >= 15 is 0 Å². The molecule has 1 aliphatic heterocycles. The Morgan fingerprint density at radius 2 is 1.46 bits per heavy atom. The highest BCUT2D eigenvalue weighted by molar-refractivity contribution is 7.99. The maximum absolute atomic E-state index is 8.09. The molecular formula is C49H43NO5S. The number of ether oxygens (including phenoxy) is 5. The first-order valence-corrected chi connectivity index (χ1v) is 20.2. The van der Waals surface area contributed by atoms with Crippen LogP contribution in [0, 0.1) is 24.2 Å². The monoisotopic (exact) mass is 757 g/mol. The Bertz CT molecular complexity index is 2530. The van der Waals surface area contributed by atoms with Crippen molar-refractivity contribution in [2.75, 3.05) is 21.3 Å². The fraction of sp³-hybridized carbons (Fsp3) is 0.245. The molecule has 6 aromatic carbocycles. The van der Waals surface area contributed by atoms with Crippen LogP contribution in [0.2, 0.25) is 0 Å². The highest BCUT2D eigenvalue weighted by atomic mass is 32.2. The molecule has 1 heterocycles. The van der Waals surface area contributed by atoms with Crippen molar-refractivity contribution < 1.29 is 23.7 Å². The number of nitrogens with one attached hydrogen (secondary N) is 1. The molecule has 2 fully saturated rings. The third kappa shape index (κ3) is 5.06. The predicted octanol–water partition coefficient (Wildman–Crippen LogP) is 11.7. The average molecular weight is 758 g/mol. The third-order valence-corrected chi connectivity index (χ3v) is 14.1. The highest BCUT2D eigenvalue weighted by Gasteiger charge is 2.59. The number of rotatable bonds is 9. The molecule has 3 atom stereocenters. The summed E-state index contributed by atoms with van der Waals surface area (Å²) in [6.45, 7) is 2.13. The van der Waals surface area contributed by atoms with Crippen LogP contribution in [0.25, 0.3) is 28.0 Å². The van der Waals surface area contributed by atoms with Gasteiger partial charge in [-0.2, -0.15) is 0 Å². The van der Waals surface area contributed by atoms with E-state index in [9.17, 15) is 0 Å². The number of benzene rings is 6. The molecule has 2 saturated carbocycles. The van der Waals surface area contributed by atoms with E-state index in [1.54, 1.807) is 33.1 Å². The minimum absolute atomic E-state index is 0.165. The molecule has 0 radical (unpaired) electrons. The van der Waals surface area contributed by atoms with Crippen molar-refractivity contribution in [3.8, 4) is 39.9 Å². The lowest BCUT2D eigenvalue weighted by molar-refractivity contribution is 0.162. The summed E-state index contributed by atoms with van der Waals surface area (Å²) in [5, 5.41) is 10.2. The van der Waals surface area contributed by atoms with E-state index in [1.165, 1.54) is 47.1 Å². The van der Waals surface area contributed by atoms with Gasteiger partial charge in [0.05, 0.1) is 26.2 Å². The van der Waals surface area contributed by atoms with Crippen molar-refractivity contribution in [1.82, 2.24) is 0 Å². The Labute approximate surface area is 331 Å².